The SMILES string of the molecule is COCOCC(CC(C)C(=O)NO)NC(=O)c1ccc(C#CCOc2ccccc2)cc1. The second-order valence-electron chi connectivity index (χ2n) is 7.04. The van der Waals surface area contributed by atoms with Gasteiger partial charge in [-0.3, -0.25) is 14.8 Å². The van der Waals surface area contributed by atoms with Crippen LogP contribution in [0, 0.1) is 17.8 Å². The number of amides is 2. The molecule has 3 N–H and O–H groups in total. The molecule has 8 nitrogen and oxygen atoms in total. The molecular formula is C24H28N2O6. The maximum Gasteiger partial charge on any atom is 0.251 e. The Kier molecular flexibility index (Phi) is 10.8. The predicted molar refractivity (Wildman–Crippen MR) is 118 cm³/mol. The summed E-state index contributed by atoms with van der Waals surface area (Å²) in [5.74, 6) is 5.32. The maximum atomic E-state index is 12.6. The van der Waals surface area contributed by atoms with Crippen molar-refractivity contribution >= 4 is 11.8 Å². The maximum absolute atomic E-state index is 12.6. The van der Waals surface area contributed by atoms with Gasteiger partial charge in [0.2, 0.25) is 5.91 Å². The third-order valence-corrected chi connectivity index (χ3v) is 4.49. The number of rotatable bonds is 11. The Morgan fingerprint density at radius 1 is 1.09 bits per heavy atom. The van der Waals surface area contributed by atoms with E-state index in [1.807, 2.05) is 30.3 Å². The van der Waals surface area contributed by atoms with Crippen LogP contribution in [0.2, 0.25) is 0 Å². The highest BCUT2D eigenvalue weighted by Gasteiger charge is 2.21. The standard InChI is InChI=1S/C24H28N2O6/c1-18(23(27)26-29)15-21(16-31-17-30-2)25-24(28)20-12-10-19(11-13-20)7-6-14-32-22-8-4-3-5-9-22/h3-5,8-13,18,21,29H,14-17H2,1-2H3,(H,25,28)(H,26,27). The van der Waals surface area contributed by atoms with E-state index in [1.54, 1.807) is 36.7 Å². The molecule has 2 amide bonds. The number of hydroxylamine groups is 1. The lowest BCUT2D eigenvalue weighted by molar-refractivity contribution is -0.133. The van der Waals surface area contributed by atoms with Gasteiger partial charge in [-0.25, -0.2) is 5.48 Å². The van der Waals surface area contributed by atoms with Gasteiger partial charge in [0.25, 0.3) is 5.91 Å². The smallest absolute Gasteiger partial charge is 0.251 e. The number of nitrogens with one attached hydrogen (secondary N) is 2. The van der Waals surface area contributed by atoms with E-state index in [9.17, 15) is 9.59 Å². The first kappa shape index (κ1) is 24.9. The molecule has 0 saturated heterocycles. The van der Waals surface area contributed by atoms with E-state index >= 15 is 0 Å². The summed E-state index contributed by atoms with van der Waals surface area (Å²) in [6.45, 7) is 2.13. The number of methoxy groups -OCH3 is 1. The van der Waals surface area contributed by atoms with Gasteiger partial charge < -0.3 is 19.5 Å². The second-order valence-corrected chi connectivity index (χ2v) is 7.04. The molecule has 0 fully saturated rings. The molecule has 8 heteroatoms. The fourth-order valence-electron chi connectivity index (χ4n) is 2.83. The van der Waals surface area contributed by atoms with Crippen molar-refractivity contribution < 1.29 is 29.0 Å². The highest BCUT2D eigenvalue weighted by molar-refractivity contribution is 5.94. The average molecular weight is 440 g/mol. The Morgan fingerprint density at radius 2 is 1.81 bits per heavy atom. The minimum Gasteiger partial charge on any atom is -0.481 e. The molecule has 0 aliphatic heterocycles. The molecule has 2 aromatic rings. The molecule has 2 unspecified atom stereocenters. The minimum atomic E-state index is -0.532. The Hall–Kier alpha value is -3.38. The first-order valence-electron chi connectivity index (χ1n) is 10.1. The highest BCUT2D eigenvalue weighted by atomic mass is 16.7. The van der Waals surface area contributed by atoms with Crippen molar-refractivity contribution in [3.8, 4) is 17.6 Å². The highest BCUT2D eigenvalue weighted by Crippen LogP contribution is 2.10. The van der Waals surface area contributed by atoms with Gasteiger partial charge in [0.15, 0.2) is 0 Å². The molecule has 0 aromatic heterocycles. The van der Waals surface area contributed by atoms with Crippen LogP contribution in [0.4, 0.5) is 0 Å². The number of hydrogen-bond donors (Lipinski definition) is 3. The van der Waals surface area contributed by atoms with Crippen LogP contribution in [0.15, 0.2) is 54.6 Å². The van der Waals surface area contributed by atoms with Gasteiger partial charge >= 0.3 is 0 Å². The third-order valence-electron chi connectivity index (χ3n) is 4.49. The quantitative estimate of drug-likeness (QED) is 0.163. The first-order valence-corrected chi connectivity index (χ1v) is 10.1. The van der Waals surface area contributed by atoms with Crippen molar-refractivity contribution in [3.05, 3.63) is 65.7 Å². The van der Waals surface area contributed by atoms with Crippen molar-refractivity contribution in [2.45, 2.75) is 19.4 Å². The summed E-state index contributed by atoms with van der Waals surface area (Å²) in [6.07, 6.45) is 0.285. The third kappa shape index (κ3) is 8.78. The van der Waals surface area contributed by atoms with Crippen LogP contribution < -0.4 is 15.5 Å². The molecule has 0 saturated carbocycles. The summed E-state index contributed by atoms with van der Waals surface area (Å²) in [4.78, 5) is 24.2. The van der Waals surface area contributed by atoms with Gasteiger partial charge in [-0.05, 0) is 42.8 Å². The van der Waals surface area contributed by atoms with E-state index in [0.29, 0.717) is 5.56 Å². The molecule has 0 spiro atoms. The Balaban J connectivity index is 1.92. The van der Waals surface area contributed by atoms with Crippen LogP contribution in [0.3, 0.4) is 0 Å². The summed E-state index contributed by atoms with van der Waals surface area (Å²) in [7, 11) is 1.49. The molecule has 2 rings (SSSR count). The number of ether oxygens (including phenoxy) is 3. The molecule has 2 aromatic carbocycles. The van der Waals surface area contributed by atoms with Crippen molar-refractivity contribution in [1.29, 1.82) is 0 Å². The lowest BCUT2D eigenvalue weighted by Crippen LogP contribution is -2.41. The van der Waals surface area contributed by atoms with Gasteiger partial charge in [-0.2, -0.15) is 0 Å². The average Bonchev–Trinajstić information content (AvgIpc) is 2.82. The van der Waals surface area contributed by atoms with Crippen molar-refractivity contribution in [2.75, 3.05) is 27.1 Å². The molecule has 0 aliphatic rings. The lowest BCUT2D eigenvalue weighted by Gasteiger charge is -2.21. The number of hydrogen-bond acceptors (Lipinski definition) is 6. The van der Waals surface area contributed by atoms with Crippen molar-refractivity contribution in [2.24, 2.45) is 5.92 Å². The van der Waals surface area contributed by atoms with Crippen LogP contribution in [0.25, 0.3) is 0 Å². The molecular weight excluding hydrogens is 412 g/mol. The van der Waals surface area contributed by atoms with Gasteiger partial charge in [0, 0.05) is 24.2 Å². The van der Waals surface area contributed by atoms with Crippen LogP contribution >= 0.6 is 0 Å². The van der Waals surface area contributed by atoms with Gasteiger partial charge in [0.05, 0.1) is 12.6 Å². The van der Waals surface area contributed by atoms with E-state index in [0.717, 1.165) is 11.3 Å². The van der Waals surface area contributed by atoms with E-state index in [4.69, 9.17) is 19.4 Å². The molecule has 0 heterocycles. The number of carbonyl (C=O) groups excluding carboxylic acids is 2. The molecule has 0 bridgehead atoms. The Bertz CT molecular complexity index is 906. The van der Waals surface area contributed by atoms with Gasteiger partial charge in [-0.1, -0.05) is 37.0 Å². The number of carbonyl (C=O) groups is 2. The van der Waals surface area contributed by atoms with Crippen LogP contribution in [0.1, 0.15) is 29.3 Å². The zero-order valence-electron chi connectivity index (χ0n) is 18.2. The number of benzene rings is 2. The van der Waals surface area contributed by atoms with Crippen molar-refractivity contribution in [3.63, 3.8) is 0 Å². The minimum absolute atomic E-state index is 0.0638. The Labute approximate surface area is 187 Å². The fraction of sp³-hybridized carbons (Fsp3) is 0.333. The van der Waals surface area contributed by atoms with Gasteiger partial charge in [-0.15, -0.1) is 0 Å². The molecule has 2 atom stereocenters. The van der Waals surface area contributed by atoms with E-state index < -0.39 is 17.9 Å². The summed E-state index contributed by atoms with van der Waals surface area (Å²) in [6, 6.07) is 15.8. The van der Waals surface area contributed by atoms with E-state index in [1.165, 1.54) is 7.11 Å². The molecule has 32 heavy (non-hydrogen) atoms. The summed E-state index contributed by atoms with van der Waals surface area (Å²) in [5, 5.41) is 11.7. The van der Waals surface area contributed by atoms with E-state index in [2.05, 4.69) is 17.2 Å². The van der Waals surface area contributed by atoms with Crippen LogP contribution in [-0.4, -0.2) is 50.2 Å². The fourth-order valence-corrected chi connectivity index (χ4v) is 2.83. The summed E-state index contributed by atoms with van der Waals surface area (Å²) < 4.78 is 15.7. The molecule has 0 aliphatic carbocycles. The van der Waals surface area contributed by atoms with E-state index in [-0.39, 0.29) is 32.3 Å². The van der Waals surface area contributed by atoms with Crippen LogP contribution in [-0.2, 0) is 14.3 Å². The second kappa shape index (κ2) is 13.8. The zero-order valence-corrected chi connectivity index (χ0v) is 18.2. The Morgan fingerprint density at radius 3 is 2.47 bits per heavy atom. The largest absolute Gasteiger partial charge is 0.481 e. The molecule has 0 radical (unpaired) electrons. The van der Waals surface area contributed by atoms with Gasteiger partial charge in [0.1, 0.15) is 19.1 Å². The molecule has 170 valence electrons. The predicted octanol–water partition coefficient (Wildman–Crippen LogP) is 2.37. The summed E-state index contributed by atoms with van der Waals surface area (Å²) >= 11 is 0. The monoisotopic (exact) mass is 440 g/mol. The first-order chi connectivity index (χ1) is 15.5. The summed E-state index contributed by atoms with van der Waals surface area (Å²) in [5.41, 5.74) is 2.83. The van der Waals surface area contributed by atoms with Crippen molar-refractivity contribution in [1.82, 2.24) is 10.8 Å². The topological polar surface area (TPSA) is 106 Å². The number of para-hydroxylation sites is 1. The lowest BCUT2D eigenvalue weighted by atomic mass is 10.0. The zero-order chi connectivity index (χ0) is 23.2. The normalized spacial score (nSPS) is 12.1. The van der Waals surface area contributed by atoms with Crippen LogP contribution in [0.5, 0.6) is 5.75 Å².